The van der Waals surface area contributed by atoms with Crippen LogP contribution in [0.5, 0.6) is 5.75 Å². The number of rotatable bonds is 4. The molecule has 0 spiro atoms. The molecular weight excluding hydrogens is 415 g/mol. The standard InChI is InChI=1S/C17H10Cl2N2O5S/c18-11-5-10(15(22)12(19)7-11)6-14-16(23)20(17(24)27-14)8-9-3-1-2-4-13(9)21(25)26/h1-7,22H,8H2/b14-6-. The molecule has 10 heteroatoms. The summed E-state index contributed by atoms with van der Waals surface area (Å²) in [7, 11) is 0. The molecule has 3 rings (SSSR count). The van der Waals surface area contributed by atoms with E-state index in [1.54, 1.807) is 6.07 Å². The van der Waals surface area contributed by atoms with Crippen LogP contribution in [-0.4, -0.2) is 26.1 Å². The van der Waals surface area contributed by atoms with Crippen molar-refractivity contribution in [2.75, 3.05) is 0 Å². The van der Waals surface area contributed by atoms with Crippen LogP contribution < -0.4 is 0 Å². The maximum Gasteiger partial charge on any atom is 0.293 e. The Morgan fingerprint density at radius 3 is 2.63 bits per heavy atom. The zero-order valence-corrected chi connectivity index (χ0v) is 15.7. The number of phenols is 1. The first-order chi connectivity index (χ1) is 12.8. The first-order valence-corrected chi connectivity index (χ1v) is 9.01. The highest BCUT2D eigenvalue weighted by atomic mass is 35.5. The van der Waals surface area contributed by atoms with Gasteiger partial charge in [0.15, 0.2) is 0 Å². The Balaban J connectivity index is 1.92. The lowest BCUT2D eigenvalue weighted by molar-refractivity contribution is -0.385. The maximum atomic E-state index is 12.6. The second-order valence-electron chi connectivity index (χ2n) is 5.48. The second kappa shape index (κ2) is 7.59. The van der Waals surface area contributed by atoms with Crippen LogP contribution in [-0.2, 0) is 11.3 Å². The third-order valence-electron chi connectivity index (χ3n) is 3.73. The van der Waals surface area contributed by atoms with E-state index >= 15 is 0 Å². The van der Waals surface area contributed by atoms with Crippen LogP contribution >= 0.6 is 35.0 Å². The van der Waals surface area contributed by atoms with E-state index in [2.05, 4.69) is 0 Å². The van der Waals surface area contributed by atoms with E-state index in [9.17, 15) is 24.8 Å². The van der Waals surface area contributed by atoms with Crippen molar-refractivity contribution in [3.63, 3.8) is 0 Å². The lowest BCUT2D eigenvalue weighted by Crippen LogP contribution is -2.27. The van der Waals surface area contributed by atoms with Gasteiger partial charge < -0.3 is 5.11 Å². The molecule has 0 atom stereocenters. The summed E-state index contributed by atoms with van der Waals surface area (Å²) in [5.41, 5.74) is 0.239. The van der Waals surface area contributed by atoms with Crippen molar-refractivity contribution in [3.8, 4) is 5.75 Å². The summed E-state index contributed by atoms with van der Waals surface area (Å²) in [5, 5.41) is 20.8. The normalized spacial score (nSPS) is 15.6. The molecule has 0 aromatic heterocycles. The SMILES string of the molecule is O=C1S/C(=C\c2cc(Cl)cc(Cl)c2O)C(=O)N1Cc1ccccc1[N+](=O)[O-]. The Morgan fingerprint density at radius 2 is 1.93 bits per heavy atom. The van der Waals surface area contributed by atoms with Crippen LogP contribution in [0.2, 0.25) is 10.0 Å². The van der Waals surface area contributed by atoms with Crippen molar-refractivity contribution in [1.82, 2.24) is 4.90 Å². The molecule has 1 aliphatic heterocycles. The van der Waals surface area contributed by atoms with E-state index in [0.29, 0.717) is 11.8 Å². The van der Waals surface area contributed by atoms with Crippen molar-refractivity contribution in [2.45, 2.75) is 6.54 Å². The number of benzene rings is 2. The summed E-state index contributed by atoms with van der Waals surface area (Å²) < 4.78 is 0. The number of carbonyl (C=O) groups excluding carboxylic acids is 2. The maximum absolute atomic E-state index is 12.6. The summed E-state index contributed by atoms with van der Waals surface area (Å²) in [6.45, 7) is -0.235. The quantitative estimate of drug-likeness (QED) is 0.427. The molecule has 1 heterocycles. The first-order valence-electron chi connectivity index (χ1n) is 7.43. The number of imide groups is 1. The van der Waals surface area contributed by atoms with Crippen LogP contribution in [0.25, 0.3) is 6.08 Å². The number of hydrogen-bond donors (Lipinski definition) is 1. The molecule has 0 unspecified atom stereocenters. The number of nitro groups is 1. The minimum Gasteiger partial charge on any atom is -0.506 e. The molecule has 1 aliphatic rings. The third-order valence-corrected chi connectivity index (χ3v) is 5.15. The number of nitrogens with zero attached hydrogens (tertiary/aromatic N) is 2. The zero-order valence-electron chi connectivity index (χ0n) is 13.4. The van der Waals surface area contributed by atoms with Crippen LogP contribution in [0.15, 0.2) is 41.3 Å². The highest BCUT2D eigenvalue weighted by molar-refractivity contribution is 8.18. The number of amides is 2. The highest BCUT2D eigenvalue weighted by Crippen LogP contribution is 2.38. The number of thioether (sulfide) groups is 1. The van der Waals surface area contributed by atoms with Gasteiger partial charge in [-0.2, -0.15) is 0 Å². The van der Waals surface area contributed by atoms with Crippen LogP contribution in [0.4, 0.5) is 10.5 Å². The Labute approximate surface area is 167 Å². The van der Waals surface area contributed by atoms with Gasteiger partial charge in [-0.15, -0.1) is 0 Å². The van der Waals surface area contributed by atoms with Gasteiger partial charge in [-0.3, -0.25) is 24.6 Å². The van der Waals surface area contributed by atoms with Gasteiger partial charge in [0.1, 0.15) is 5.75 Å². The Hall–Kier alpha value is -2.55. The molecule has 138 valence electrons. The second-order valence-corrected chi connectivity index (χ2v) is 7.32. The predicted molar refractivity (Wildman–Crippen MR) is 103 cm³/mol. The molecule has 0 bridgehead atoms. The Bertz CT molecular complexity index is 1010. The minimum atomic E-state index is -0.626. The smallest absolute Gasteiger partial charge is 0.293 e. The first kappa shape index (κ1) is 19.2. The molecular formula is C17H10Cl2N2O5S. The largest absolute Gasteiger partial charge is 0.506 e. The van der Waals surface area contributed by atoms with Crippen molar-refractivity contribution >= 4 is 57.9 Å². The van der Waals surface area contributed by atoms with Gasteiger partial charge in [0.2, 0.25) is 0 Å². The fraction of sp³-hybridized carbons (Fsp3) is 0.0588. The number of halogens is 2. The molecule has 7 nitrogen and oxygen atoms in total. The van der Waals surface area contributed by atoms with E-state index in [4.69, 9.17) is 23.2 Å². The van der Waals surface area contributed by atoms with Gasteiger partial charge in [-0.05, 0) is 30.0 Å². The lowest BCUT2D eigenvalue weighted by Gasteiger charge is -2.12. The number of hydrogen-bond acceptors (Lipinski definition) is 6. The fourth-order valence-corrected chi connectivity index (χ4v) is 3.80. The molecule has 2 aromatic carbocycles. The molecule has 0 radical (unpaired) electrons. The summed E-state index contributed by atoms with van der Waals surface area (Å²) in [6, 6.07) is 8.61. The highest BCUT2D eigenvalue weighted by Gasteiger charge is 2.36. The van der Waals surface area contributed by atoms with Crippen molar-refractivity contribution in [1.29, 1.82) is 0 Å². The Morgan fingerprint density at radius 1 is 1.22 bits per heavy atom. The third kappa shape index (κ3) is 3.92. The predicted octanol–water partition coefficient (Wildman–Crippen LogP) is 4.84. The van der Waals surface area contributed by atoms with Crippen molar-refractivity contribution < 1.29 is 19.6 Å². The molecule has 0 saturated carbocycles. The Kier molecular flexibility index (Phi) is 5.41. The average molecular weight is 425 g/mol. The molecule has 1 fully saturated rings. The number of nitro benzene ring substituents is 1. The van der Waals surface area contributed by atoms with Gasteiger partial charge >= 0.3 is 0 Å². The van der Waals surface area contributed by atoms with Crippen LogP contribution in [0.1, 0.15) is 11.1 Å². The van der Waals surface area contributed by atoms with E-state index in [0.717, 1.165) is 4.90 Å². The van der Waals surface area contributed by atoms with Crippen LogP contribution in [0.3, 0.4) is 0 Å². The lowest BCUT2D eigenvalue weighted by atomic mass is 10.1. The van der Waals surface area contributed by atoms with Crippen LogP contribution in [0, 0.1) is 10.1 Å². The average Bonchev–Trinajstić information content (AvgIpc) is 2.87. The van der Waals surface area contributed by atoms with Gasteiger partial charge in [0.05, 0.1) is 21.4 Å². The van der Waals surface area contributed by atoms with Gasteiger partial charge in [0.25, 0.3) is 16.8 Å². The molecule has 1 N–H and O–H groups in total. The molecule has 0 aliphatic carbocycles. The summed E-state index contributed by atoms with van der Waals surface area (Å²) in [4.78, 5) is 36.3. The van der Waals surface area contributed by atoms with E-state index in [1.807, 2.05) is 0 Å². The molecule has 2 amide bonds. The molecule has 1 saturated heterocycles. The number of phenolic OH excluding ortho intramolecular Hbond substituents is 1. The topological polar surface area (TPSA) is 101 Å². The van der Waals surface area contributed by atoms with E-state index < -0.39 is 16.1 Å². The van der Waals surface area contributed by atoms with E-state index in [1.165, 1.54) is 36.4 Å². The zero-order chi connectivity index (χ0) is 19.7. The molecule has 2 aromatic rings. The van der Waals surface area contributed by atoms with Crippen molar-refractivity contribution in [2.24, 2.45) is 0 Å². The molecule has 27 heavy (non-hydrogen) atoms. The van der Waals surface area contributed by atoms with Gasteiger partial charge in [-0.1, -0.05) is 41.4 Å². The summed E-state index contributed by atoms with van der Waals surface area (Å²) in [5.74, 6) is -0.898. The van der Waals surface area contributed by atoms with Crippen molar-refractivity contribution in [3.05, 3.63) is 72.6 Å². The minimum absolute atomic E-state index is 0.00730. The number of para-hydroxylation sites is 1. The number of carbonyl (C=O) groups is 2. The van der Waals surface area contributed by atoms with Gasteiger partial charge in [0, 0.05) is 22.2 Å². The van der Waals surface area contributed by atoms with Gasteiger partial charge in [-0.25, -0.2) is 0 Å². The van der Waals surface area contributed by atoms with E-state index in [-0.39, 0.29) is 44.1 Å². The fourth-order valence-electron chi connectivity index (χ4n) is 2.47. The monoisotopic (exact) mass is 424 g/mol. The summed E-state index contributed by atoms with van der Waals surface area (Å²) >= 11 is 12.4. The number of aromatic hydroxyl groups is 1. The summed E-state index contributed by atoms with van der Waals surface area (Å²) in [6.07, 6.45) is 1.30.